The lowest BCUT2D eigenvalue weighted by atomic mass is 9.94. The first-order valence-corrected chi connectivity index (χ1v) is 24.2. The van der Waals surface area contributed by atoms with Crippen LogP contribution in [0.25, 0.3) is 114 Å². The summed E-state index contributed by atoms with van der Waals surface area (Å²) in [5.41, 5.74) is 17.3. The quantitative estimate of drug-likeness (QED) is 0.160. The number of hydrogen-bond acceptors (Lipinski definition) is 4. The number of nitrogens with zero attached hydrogens (tertiary/aromatic N) is 7. The number of fused-ring (bicyclic) bond motifs is 9. The van der Waals surface area contributed by atoms with Gasteiger partial charge in [0.25, 0.3) is 0 Å². The van der Waals surface area contributed by atoms with Crippen molar-refractivity contribution in [2.45, 2.75) is 38.5 Å². The molecule has 3 aliphatic rings. The molecule has 11 aromatic rings. The average Bonchev–Trinajstić information content (AvgIpc) is 4.07. The number of benzene rings is 6. The van der Waals surface area contributed by atoms with Crippen molar-refractivity contribution in [1.82, 2.24) is 33.6 Å². The fourth-order valence-corrected chi connectivity index (χ4v) is 11.2. The Labute approximate surface area is 399 Å². The zero-order chi connectivity index (χ0) is 45.4. The van der Waals surface area contributed by atoms with Crippen LogP contribution in [-0.2, 0) is 19.3 Å². The molecular weight excluding hydrogens is 843 g/mol. The molecular formula is C62H45N7. The first-order chi connectivity index (χ1) is 34.2. The molecule has 0 bridgehead atoms. The van der Waals surface area contributed by atoms with Crippen LogP contribution in [-0.4, -0.2) is 33.6 Å². The maximum atomic E-state index is 5.99. The van der Waals surface area contributed by atoms with Crippen molar-refractivity contribution in [1.29, 1.82) is 0 Å². The molecule has 0 saturated carbocycles. The standard InChI is InChI=1S/C62H45N7/c1-3-19-41(20-4-1)59-64-60(42-21-5-2-6-22-42)66-61(65-59)43-37-35-40(36-38-43)50-39-57(67-51-29-13-7-23-44(51)45-24-8-14-30-52(45)67)63-62(69-55-33-17-11-27-48(55)49-28-12-18-34-56(49)69)58(50)68-53-31-15-9-25-46(53)47-26-10-16-32-54(47)68/h1-8,11,13-24,27,29-39H,9-10,12,25-26,28H2. The van der Waals surface area contributed by atoms with Gasteiger partial charge < -0.3 is 4.57 Å². The fourth-order valence-electron chi connectivity index (χ4n) is 11.2. The largest absolute Gasteiger partial charge is 0.306 e. The summed E-state index contributed by atoms with van der Waals surface area (Å²) < 4.78 is 7.38. The van der Waals surface area contributed by atoms with Crippen molar-refractivity contribution >= 4 is 50.9 Å². The predicted octanol–water partition coefficient (Wildman–Crippen LogP) is 14.6. The second-order valence-corrected chi connectivity index (χ2v) is 18.3. The van der Waals surface area contributed by atoms with Gasteiger partial charge in [0, 0.05) is 49.8 Å². The molecule has 7 heteroatoms. The molecule has 14 rings (SSSR count). The number of aryl methyl sites for hydroxylation is 1. The summed E-state index contributed by atoms with van der Waals surface area (Å²) in [6.45, 7) is 0. The third-order valence-electron chi connectivity index (χ3n) is 14.4. The molecule has 5 aromatic heterocycles. The van der Waals surface area contributed by atoms with E-state index in [-0.39, 0.29) is 0 Å². The molecule has 3 aliphatic carbocycles. The van der Waals surface area contributed by atoms with Gasteiger partial charge in [-0.15, -0.1) is 0 Å². The molecule has 6 aromatic carbocycles. The molecule has 328 valence electrons. The highest BCUT2D eigenvalue weighted by Crippen LogP contribution is 2.45. The summed E-state index contributed by atoms with van der Waals surface area (Å²) >= 11 is 0. The third kappa shape index (κ3) is 6.34. The maximum Gasteiger partial charge on any atom is 0.165 e. The van der Waals surface area contributed by atoms with E-state index < -0.39 is 0 Å². The molecule has 7 nitrogen and oxygen atoms in total. The zero-order valence-corrected chi connectivity index (χ0v) is 37.9. The summed E-state index contributed by atoms with van der Waals surface area (Å²) in [5.74, 6) is 3.65. The van der Waals surface area contributed by atoms with Crippen molar-refractivity contribution in [2.24, 2.45) is 0 Å². The smallest absolute Gasteiger partial charge is 0.165 e. The van der Waals surface area contributed by atoms with Crippen LogP contribution in [0.3, 0.4) is 0 Å². The van der Waals surface area contributed by atoms with E-state index in [4.69, 9.17) is 19.9 Å². The van der Waals surface area contributed by atoms with E-state index in [2.05, 4.69) is 178 Å². The lowest BCUT2D eigenvalue weighted by Crippen LogP contribution is -2.14. The van der Waals surface area contributed by atoms with E-state index in [1.54, 1.807) is 0 Å². The van der Waals surface area contributed by atoms with Crippen LogP contribution >= 0.6 is 0 Å². The Balaban J connectivity index is 1.08. The average molecular weight is 888 g/mol. The normalized spacial score (nSPS) is 13.9. The van der Waals surface area contributed by atoms with Gasteiger partial charge in [-0.3, -0.25) is 9.13 Å². The zero-order valence-electron chi connectivity index (χ0n) is 37.9. The number of rotatable bonds is 7. The number of aromatic nitrogens is 7. The van der Waals surface area contributed by atoms with Crippen LogP contribution in [0.15, 0.2) is 182 Å². The first kappa shape index (κ1) is 39.5. The van der Waals surface area contributed by atoms with Crippen LogP contribution in [0.5, 0.6) is 0 Å². The van der Waals surface area contributed by atoms with E-state index >= 15 is 0 Å². The van der Waals surface area contributed by atoms with Crippen molar-refractivity contribution in [3.05, 3.63) is 216 Å². The van der Waals surface area contributed by atoms with Gasteiger partial charge >= 0.3 is 0 Å². The molecule has 0 amide bonds. The molecule has 0 fully saturated rings. The fraction of sp³-hybridized carbons (Fsp3) is 0.0968. The van der Waals surface area contributed by atoms with E-state index in [0.717, 1.165) is 100 Å². The van der Waals surface area contributed by atoms with Gasteiger partial charge in [0.15, 0.2) is 23.3 Å². The van der Waals surface area contributed by atoms with Crippen molar-refractivity contribution < 1.29 is 0 Å². The predicted molar refractivity (Wildman–Crippen MR) is 282 cm³/mol. The van der Waals surface area contributed by atoms with Crippen LogP contribution in [0, 0.1) is 0 Å². The van der Waals surface area contributed by atoms with E-state index in [1.165, 1.54) is 49.9 Å². The SMILES string of the molecule is C1=Cc2c(c3c(n2-c2c(-c4ccc(-c5nc(-c6ccccc6)nc(-c6ccccc6)n5)cc4)cc(-n4c5ccccc5c5ccccc54)nc2-n2c4c(c5ccccc52)CCC=C4)C=CCC3)CC1. The van der Waals surface area contributed by atoms with E-state index in [9.17, 15) is 0 Å². The minimum atomic E-state index is 0.622. The van der Waals surface area contributed by atoms with Crippen molar-refractivity contribution in [2.75, 3.05) is 0 Å². The Hall–Kier alpha value is -8.68. The highest BCUT2D eigenvalue weighted by molar-refractivity contribution is 6.09. The van der Waals surface area contributed by atoms with E-state index in [1.807, 2.05) is 36.4 Å². The molecule has 0 radical (unpaired) electrons. The maximum absolute atomic E-state index is 5.99. The summed E-state index contributed by atoms with van der Waals surface area (Å²) in [4.78, 5) is 21.2. The summed E-state index contributed by atoms with van der Waals surface area (Å²) in [7, 11) is 0. The minimum absolute atomic E-state index is 0.622. The Kier molecular flexibility index (Phi) is 9.15. The molecule has 69 heavy (non-hydrogen) atoms. The summed E-state index contributed by atoms with van der Waals surface area (Å²) in [6, 6.07) is 57.9. The monoisotopic (exact) mass is 887 g/mol. The van der Waals surface area contributed by atoms with Gasteiger partial charge in [-0.25, -0.2) is 19.9 Å². The first-order valence-electron chi connectivity index (χ1n) is 24.2. The second-order valence-electron chi connectivity index (χ2n) is 18.3. The van der Waals surface area contributed by atoms with Gasteiger partial charge in [0.1, 0.15) is 5.82 Å². The summed E-state index contributed by atoms with van der Waals surface area (Å²) in [6.07, 6.45) is 20.2. The Morgan fingerprint density at radius 2 is 0.768 bits per heavy atom. The van der Waals surface area contributed by atoms with Crippen molar-refractivity contribution in [3.8, 4) is 62.6 Å². The number of allylic oxidation sites excluding steroid dienone is 3. The Bertz CT molecular complexity index is 3790. The third-order valence-corrected chi connectivity index (χ3v) is 14.4. The lowest BCUT2D eigenvalue weighted by molar-refractivity contribution is 0.904. The Morgan fingerprint density at radius 3 is 1.30 bits per heavy atom. The number of hydrogen-bond donors (Lipinski definition) is 0. The minimum Gasteiger partial charge on any atom is -0.306 e. The molecule has 0 spiro atoms. The molecule has 0 aliphatic heterocycles. The number of para-hydroxylation sites is 3. The van der Waals surface area contributed by atoms with E-state index in [0.29, 0.717) is 17.5 Å². The van der Waals surface area contributed by atoms with Crippen LogP contribution in [0.1, 0.15) is 53.0 Å². The van der Waals surface area contributed by atoms with Crippen molar-refractivity contribution in [3.63, 3.8) is 0 Å². The number of pyridine rings is 1. The van der Waals surface area contributed by atoms with Crippen LogP contribution < -0.4 is 0 Å². The topological polar surface area (TPSA) is 66.3 Å². The molecule has 0 atom stereocenters. The Morgan fingerprint density at radius 1 is 0.348 bits per heavy atom. The van der Waals surface area contributed by atoms with Gasteiger partial charge in [-0.1, -0.05) is 158 Å². The van der Waals surface area contributed by atoms with Gasteiger partial charge in [0.2, 0.25) is 0 Å². The molecule has 0 N–H and O–H groups in total. The molecule has 0 unspecified atom stereocenters. The molecule has 0 saturated heterocycles. The summed E-state index contributed by atoms with van der Waals surface area (Å²) in [5, 5.41) is 3.67. The van der Waals surface area contributed by atoms with Crippen LogP contribution in [0.4, 0.5) is 0 Å². The second kappa shape index (κ2) is 16.0. The molecule has 5 heterocycles. The highest BCUT2D eigenvalue weighted by Gasteiger charge is 2.31. The van der Waals surface area contributed by atoms with Crippen LogP contribution in [0.2, 0.25) is 0 Å². The van der Waals surface area contributed by atoms with Gasteiger partial charge in [-0.05, 0) is 103 Å². The van der Waals surface area contributed by atoms with Gasteiger partial charge in [0.05, 0.1) is 27.9 Å². The lowest BCUT2D eigenvalue weighted by Gasteiger charge is -2.24. The van der Waals surface area contributed by atoms with Gasteiger partial charge in [-0.2, -0.15) is 0 Å². The highest BCUT2D eigenvalue weighted by atomic mass is 15.2.